The van der Waals surface area contributed by atoms with Gasteiger partial charge in [-0.2, -0.15) is 0 Å². The average Bonchev–Trinajstić information content (AvgIpc) is 2.52. The molecule has 6 heteroatoms. The zero-order valence-corrected chi connectivity index (χ0v) is 11.1. The first-order valence-electron chi connectivity index (χ1n) is 6.05. The number of halogens is 3. The number of aliphatic hydroxyl groups excluding tert-OH is 2. The van der Waals surface area contributed by atoms with E-state index in [2.05, 4.69) is 4.74 Å². The number of ether oxygens (including phenoxy) is 1. The summed E-state index contributed by atoms with van der Waals surface area (Å²) in [5.74, 6) is -7.68. The average molecular weight is 298 g/mol. The molecule has 1 aliphatic carbocycles. The van der Waals surface area contributed by atoms with Crippen LogP contribution in [-0.2, 0) is 4.74 Å². The largest absolute Gasteiger partial charge is 0.508 e. The molecule has 0 saturated carbocycles. The monoisotopic (exact) mass is 298 g/mol. The van der Waals surface area contributed by atoms with Crippen LogP contribution in [0.25, 0.3) is 6.08 Å². The van der Waals surface area contributed by atoms with Crippen LogP contribution in [0.15, 0.2) is 59.3 Å². The minimum Gasteiger partial charge on any atom is -0.508 e. The standard InChI is InChI=1S/C15H13F3O3/c1-21-15(18)13(16)11(19)10(12(20)14(15)17)8-7-9-5-3-2-4-6-9/h2-8,13,19-20H,1H3. The van der Waals surface area contributed by atoms with Crippen molar-refractivity contribution in [1.82, 2.24) is 0 Å². The Morgan fingerprint density at radius 1 is 1.19 bits per heavy atom. The summed E-state index contributed by atoms with van der Waals surface area (Å²) in [5, 5.41) is 19.3. The molecule has 1 aromatic rings. The Hall–Kier alpha value is -2.21. The number of hydrogen-bond acceptors (Lipinski definition) is 3. The Morgan fingerprint density at radius 3 is 2.38 bits per heavy atom. The molecule has 2 N–H and O–H groups in total. The number of alkyl halides is 2. The van der Waals surface area contributed by atoms with Gasteiger partial charge in [0, 0.05) is 7.11 Å². The van der Waals surface area contributed by atoms with Crippen LogP contribution in [0.2, 0.25) is 0 Å². The maximum absolute atomic E-state index is 13.9. The molecule has 0 bridgehead atoms. The number of aliphatic hydroxyl groups is 2. The van der Waals surface area contributed by atoms with Crippen molar-refractivity contribution in [1.29, 1.82) is 0 Å². The van der Waals surface area contributed by atoms with Crippen molar-refractivity contribution in [2.45, 2.75) is 12.0 Å². The molecule has 2 unspecified atom stereocenters. The maximum Gasteiger partial charge on any atom is 0.304 e. The van der Waals surface area contributed by atoms with Gasteiger partial charge >= 0.3 is 5.85 Å². The van der Waals surface area contributed by atoms with Crippen LogP contribution in [0, 0.1) is 0 Å². The molecule has 0 spiro atoms. The van der Waals surface area contributed by atoms with E-state index in [4.69, 9.17) is 0 Å². The second kappa shape index (κ2) is 5.65. The fourth-order valence-corrected chi connectivity index (χ4v) is 1.93. The predicted octanol–water partition coefficient (Wildman–Crippen LogP) is 3.91. The molecule has 112 valence electrons. The molecule has 0 aliphatic heterocycles. The minimum absolute atomic E-state index is 0.533. The Labute approximate surface area is 119 Å². The lowest BCUT2D eigenvalue weighted by atomic mass is 9.95. The number of hydrogen-bond donors (Lipinski definition) is 2. The number of benzene rings is 1. The van der Waals surface area contributed by atoms with E-state index in [1.165, 1.54) is 6.08 Å². The van der Waals surface area contributed by atoms with E-state index >= 15 is 0 Å². The van der Waals surface area contributed by atoms with Crippen molar-refractivity contribution in [3.05, 3.63) is 64.9 Å². The van der Waals surface area contributed by atoms with Crippen molar-refractivity contribution < 1.29 is 28.1 Å². The highest BCUT2D eigenvalue weighted by Gasteiger charge is 2.53. The van der Waals surface area contributed by atoms with E-state index in [0.717, 1.165) is 13.2 Å². The Kier molecular flexibility index (Phi) is 4.09. The van der Waals surface area contributed by atoms with Gasteiger partial charge in [0.2, 0.25) is 12.0 Å². The lowest BCUT2D eigenvalue weighted by Gasteiger charge is -2.30. The molecule has 0 saturated heterocycles. The molecule has 21 heavy (non-hydrogen) atoms. The molecule has 3 nitrogen and oxygen atoms in total. The Morgan fingerprint density at radius 2 is 1.81 bits per heavy atom. The molecule has 2 atom stereocenters. The van der Waals surface area contributed by atoms with E-state index in [1.807, 2.05) is 0 Å². The van der Waals surface area contributed by atoms with Crippen LogP contribution < -0.4 is 0 Å². The summed E-state index contributed by atoms with van der Waals surface area (Å²) < 4.78 is 45.6. The highest BCUT2D eigenvalue weighted by molar-refractivity contribution is 5.58. The van der Waals surface area contributed by atoms with Gasteiger partial charge in [-0.15, -0.1) is 0 Å². The third kappa shape index (κ3) is 2.54. The summed E-state index contributed by atoms with van der Waals surface area (Å²) in [4.78, 5) is 0. The van der Waals surface area contributed by atoms with Crippen LogP contribution in [0.4, 0.5) is 13.2 Å². The summed E-state index contributed by atoms with van der Waals surface area (Å²) in [7, 11) is 0.734. The van der Waals surface area contributed by atoms with E-state index in [0.29, 0.717) is 5.56 Å². The predicted molar refractivity (Wildman–Crippen MR) is 71.6 cm³/mol. The molecule has 0 radical (unpaired) electrons. The first kappa shape index (κ1) is 15.2. The van der Waals surface area contributed by atoms with Crippen LogP contribution in [0.1, 0.15) is 5.56 Å². The fraction of sp³-hybridized carbons (Fsp3) is 0.200. The second-order valence-electron chi connectivity index (χ2n) is 4.42. The number of rotatable bonds is 3. The first-order valence-corrected chi connectivity index (χ1v) is 6.05. The third-order valence-corrected chi connectivity index (χ3v) is 3.14. The van der Waals surface area contributed by atoms with Crippen LogP contribution >= 0.6 is 0 Å². The van der Waals surface area contributed by atoms with Gasteiger partial charge in [-0.25, -0.2) is 13.2 Å². The molecule has 0 fully saturated rings. The summed E-state index contributed by atoms with van der Waals surface area (Å²) in [6.45, 7) is 0. The molecule has 0 aromatic heterocycles. The smallest absolute Gasteiger partial charge is 0.304 e. The number of methoxy groups -OCH3 is 1. The maximum atomic E-state index is 13.9. The molecule has 1 aromatic carbocycles. The van der Waals surface area contributed by atoms with Gasteiger partial charge in [-0.05, 0) is 11.6 Å². The van der Waals surface area contributed by atoms with Crippen LogP contribution in [0.3, 0.4) is 0 Å². The van der Waals surface area contributed by atoms with Crippen LogP contribution in [-0.4, -0.2) is 29.3 Å². The lowest BCUT2D eigenvalue weighted by Crippen LogP contribution is -2.42. The van der Waals surface area contributed by atoms with Gasteiger partial charge in [0.15, 0.2) is 5.76 Å². The highest BCUT2D eigenvalue weighted by atomic mass is 19.2. The van der Waals surface area contributed by atoms with Crippen molar-refractivity contribution in [2.24, 2.45) is 0 Å². The fourth-order valence-electron chi connectivity index (χ4n) is 1.93. The van der Waals surface area contributed by atoms with E-state index in [1.54, 1.807) is 30.3 Å². The van der Waals surface area contributed by atoms with Gasteiger partial charge in [-0.1, -0.05) is 36.4 Å². The lowest BCUT2D eigenvalue weighted by molar-refractivity contribution is -0.154. The van der Waals surface area contributed by atoms with Gasteiger partial charge in [0.1, 0.15) is 5.76 Å². The Balaban J connectivity index is 2.42. The zero-order chi connectivity index (χ0) is 15.6. The van der Waals surface area contributed by atoms with Crippen LogP contribution in [0.5, 0.6) is 0 Å². The topological polar surface area (TPSA) is 49.7 Å². The van der Waals surface area contributed by atoms with E-state index < -0.39 is 34.9 Å². The molecule has 0 heterocycles. The minimum atomic E-state index is -3.53. The summed E-state index contributed by atoms with van der Waals surface area (Å²) >= 11 is 0. The van der Waals surface area contributed by atoms with Gasteiger partial charge in [0.05, 0.1) is 5.57 Å². The zero-order valence-electron chi connectivity index (χ0n) is 11.1. The van der Waals surface area contributed by atoms with Gasteiger partial charge < -0.3 is 14.9 Å². The quantitative estimate of drug-likeness (QED) is 0.889. The molecular weight excluding hydrogens is 285 g/mol. The summed E-state index contributed by atoms with van der Waals surface area (Å²) in [6, 6.07) is 8.66. The second-order valence-corrected chi connectivity index (χ2v) is 4.42. The molecule has 0 amide bonds. The van der Waals surface area contributed by atoms with E-state index in [9.17, 15) is 23.4 Å². The van der Waals surface area contributed by atoms with Crippen molar-refractivity contribution in [2.75, 3.05) is 7.11 Å². The van der Waals surface area contributed by atoms with Crippen molar-refractivity contribution in [3.63, 3.8) is 0 Å². The summed E-state index contributed by atoms with van der Waals surface area (Å²) in [6.07, 6.45) is -0.255. The SMILES string of the molecule is COC1(F)C(F)=C(O)C(C=Cc2ccccc2)=C(O)C1F. The Bertz CT molecular complexity index is 622. The molecular formula is C15H13F3O3. The first-order chi connectivity index (χ1) is 9.91. The summed E-state index contributed by atoms with van der Waals surface area (Å²) in [5.41, 5.74) is 0.138. The van der Waals surface area contributed by atoms with E-state index in [-0.39, 0.29) is 0 Å². The highest BCUT2D eigenvalue weighted by Crippen LogP contribution is 2.42. The van der Waals surface area contributed by atoms with Crippen molar-refractivity contribution >= 4 is 6.08 Å². The van der Waals surface area contributed by atoms with Gasteiger partial charge in [0.25, 0.3) is 0 Å². The molecule has 1 aliphatic rings. The third-order valence-electron chi connectivity index (χ3n) is 3.14. The molecule has 2 rings (SSSR count). The normalized spacial score (nSPS) is 26.8. The number of allylic oxidation sites excluding steroid dienone is 1. The van der Waals surface area contributed by atoms with Crippen molar-refractivity contribution in [3.8, 4) is 0 Å². The van der Waals surface area contributed by atoms with Gasteiger partial charge in [-0.3, -0.25) is 0 Å².